The molecule has 0 aliphatic carbocycles. The molecule has 0 unspecified atom stereocenters. The third kappa shape index (κ3) is 6.40. The number of hydrogen-bond donors (Lipinski definition) is 5. The summed E-state index contributed by atoms with van der Waals surface area (Å²) in [7, 11) is -3.10. The number of fused-ring (bicyclic) bond motifs is 4. The number of aromatic carboxylic acids is 1. The molecule has 6 aromatic rings. The third-order valence-electron chi connectivity index (χ3n) is 9.13. The van der Waals surface area contributed by atoms with E-state index in [1.807, 2.05) is 84.9 Å². The first-order chi connectivity index (χ1) is 23.8. The van der Waals surface area contributed by atoms with Crippen molar-refractivity contribution in [3.05, 3.63) is 165 Å². The zero-order chi connectivity index (χ0) is 34.1. The summed E-state index contributed by atoms with van der Waals surface area (Å²) in [5.74, 6) is 0.196. The maximum Gasteiger partial charge on any atom is 0.488 e. The van der Waals surface area contributed by atoms with Crippen LogP contribution in [0.1, 0.15) is 38.2 Å². The number of carbonyl (C=O) groups is 1. The number of carboxylic acid groups (broad SMARTS) is 1. The van der Waals surface area contributed by atoms with Crippen LogP contribution in [0.15, 0.2) is 121 Å². The lowest BCUT2D eigenvalue weighted by molar-refractivity contribution is 0.0696. The molecule has 0 amide bonds. The van der Waals surface area contributed by atoms with Gasteiger partial charge in [-0.15, -0.1) is 0 Å². The van der Waals surface area contributed by atoms with Gasteiger partial charge in [0, 0.05) is 21.7 Å². The molecule has 7 nitrogen and oxygen atoms in total. The SMILES string of the molecule is O=C(O)c1ccccc1C1=c2cc/c(=C\Cc3ccccc3B(O)O)cc2Oc2c1ccc1cc(CCc3ccccc3B(O)O)ccc21. The van der Waals surface area contributed by atoms with Crippen molar-refractivity contribution in [2.75, 3.05) is 0 Å². The molecule has 240 valence electrons. The van der Waals surface area contributed by atoms with Crippen molar-refractivity contribution in [1.29, 1.82) is 0 Å². The zero-order valence-corrected chi connectivity index (χ0v) is 26.5. The van der Waals surface area contributed by atoms with Crippen molar-refractivity contribution in [2.24, 2.45) is 0 Å². The molecule has 0 spiro atoms. The summed E-state index contributed by atoms with van der Waals surface area (Å²) in [6.45, 7) is 0. The van der Waals surface area contributed by atoms with Crippen LogP contribution >= 0.6 is 0 Å². The highest BCUT2D eigenvalue weighted by Crippen LogP contribution is 2.41. The normalized spacial score (nSPS) is 12.3. The highest BCUT2D eigenvalue weighted by Gasteiger charge is 2.25. The van der Waals surface area contributed by atoms with Crippen LogP contribution in [-0.4, -0.2) is 45.4 Å². The molecular formula is C40H32B2O7. The largest absolute Gasteiger partial charge is 0.488 e. The lowest BCUT2D eigenvalue weighted by Gasteiger charge is -2.23. The van der Waals surface area contributed by atoms with Gasteiger partial charge in [0.05, 0.1) is 5.56 Å². The standard InChI is InChI=1S/C40H32B2O7/c43-40(44)32-10-4-3-9-31(32)38-33-21-16-26(14-18-28-8-2-6-12-36(28)42(47)48)24-37(33)49-39-30-20-15-25(23-29(30)19-22-34(38)39)13-17-27-7-1-5-11-35(27)41(45)46/h1-12,14-16,19-24,45-48H,13,17-18H2,(H,43,44)/b26-14+. The van der Waals surface area contributed by atoms with E-state index in [0.717, 1.165) is 49.0 Å². The highest BCUT2D eigenvalue weighted by atomic mass is 16.5. The topological polar surface area (TPSA) is 127 Å². The number of rotatable bonds is 9. The first-order valence-corrected chi connectivity index (χ1v) is 16.1. The highest BCUT2D eigenvalue weighted by molar-refractivity contribution is 6.59. The summed E-state index contributed by atoms with van der Waals surface area (Å²) in [5, 5.41) is 52.9. The van der Waals surface area contributed by atoms with Gasteiger partial charge in [0.2, 0.25) is 0 Å². The Morgan fingerprint density at radius 3 is 2.12 bits per heavy atom. The molecule has 0 saturated carbocycles. The second-order valence-electron chi connectivity index (χ2n) is 12.1. The van der Waals surface area contributed by atoms with Crippen molar-refractivity contribution in [3.63, 3.8) is 0 Å². The minimum Gasteiger partial charge on any atom is -0.478 e. The van der Waals surface area contributed by atoms with Gasteiger partial charge in [0.1, 0.15) is 11.5 Å². The van der Waals surface area contributed by atoms with Crippen LogP contribution < -0.4 is 26.1 Å². The Morgan fingerprint density at radius 1 is 0.673 bits per heavy atom. The molecule has 0 radical (unpaired) electrons. The van der Waals surface area contributed by atoms with Gasteiger partial charge < -0.3 is 29.9 Å². The van der Waals surface area contributed by atoms with Gasteiger partial charge in [0.15, 0.2) is 0 Å². The van der Waals surface area contributed by atoms with Gasteiger partial charge >= 0.3 is 20.2 Å². The van der Waals surface area contributed by atoms with E-state index in [4.69, 9.17) is 4.74 Å². The lowest BCUT2D eigenvalue weighted by atomic mass is 9.76. The Morgan fingerprint density at radius 2 is 1.37 bits per heavy atom. The summed E-state index contributed by atoms with van der Waals surface area (Å²) < 4.78 is 6.68. The fourth-order valence-electron chi connectivity index (χ4n) is 6.70. The number of aryl methyl sites for hydroxylation is 2. The summed E-state index contributed by atoms with van der Waals surface area (Å²) in [4.78, 5) is 12.4. The van der Waals surface area contributed by atoms with E-state index >= 15 is 0 Å². The van der Waals surface area contributed by atoms with E-state index in [1.54, 1.807) is 36.4 Å². The number of hydrogen-bond acceptors (Lipinski definition) is 6. The van der Waals surface area contributed by atoms with Gasteiger partial charge in [-0.2, -0.15) is 0 Å². The van der Waals surface area contributed by atoms with Crippen LogP contribution in [0.5, 0.6) is 11.5 Å². The Hall–Kier alpha value is -5.44. The molecule has 9 heteroatoms. The van der Waals surface area contributed by atoms with Gasteiger partial charge in [-0.05, 0) is 87.3 Å². The second-order valence-corrected chi connectivity index (χ2v) is 12.1. The summed E-state index contributed by atoms with van der Waals surface area (Å²) >= 11 is 0. The third-order valence-corrected chi connectivity index (χ3v) is 9.13. The minimum absolute atomic E-state index is 0.190. The van der Waals surface area contributed by atoms with E-state index in [2.05, 4.69) is 6.07 Å². The molecule has 1 aliphatic rings. The predicted molar refractivity (Wildman–Crippen MR) is 193 cm³/mol. The van der Waals surface area contributed by atoms with Crippen LogP contribution in [0.4, 0.5) is 0 Å². The summed E-state index contributed by atoms with van der Waals surface area (Å²) in [6.07, 6.45) is 3.79. The minimum atomic E-state index is -1.57. The van der Waals surface area contributed by atoms with Crippen LogP contribution in [0.25, 0.3) is 22.4 Å². The van der Waals surface area contributed by atoms with E-state index in [1.165, 1.54) is 0 Å². The van der Waals surface area contributed by atoms with Crippen molar-refractivity contribution in [1.82, 2.24) is 0 Å². The van der Waals surface area contributed by atoms with Crippen molar-refractivity contribution in [2.45, 2.75) is 19.3 Å². The maximum atomic E-state index is 12.4. The van der Waals surface area contributed by atoms with E-state index < -0.39 is 20.2 Å². The second kappa shape index (κ2) is 13.6. The van der Waals surface area contributed by atoms with Crippen LogP contribution in [-0.2, 0) is 19.3 Å². The van der Waals surface area contributed by atoms with Crippen LogP contribution in [0.3, 0.4) is 0 Å². The average molecular weight is 646 g/mol. The fraction of sp³-hybridized carbons (Fsp3) is 0.0750. The van der Waals surface area contributed by atoms with Crippen LogP contribution in [0.2, 0.25) is 0 Å². The smallest absolute Gasteiger partial charge is 0.478 e. The predicted octanol–water partition coefficient (Wildman–Crippen LogP) is 3.06. The Bertz CT molecular complexity index is 2350. The molecule has 0 bridgehead atoms. The van der Waals surface area contributed by atoms with Gasteiger partial charge in [-0.1, -0.05) is 103 Å². The first-order valence-electron chi connectivity index (χ1n) is 16.1. The van der Waals surface area contributed by atoms with Gasteiger partial charge in [0.25, 0.3) is 0 Å². The molecule has 6 aromatic carbocycles. The van der Waals surface area contributed by atoms with Gasteiger partial charge in [-0.3, -0.25) is 0 Å². The van der Waals surface area contributed by atoms with Crippen molar-refractivity contribution in [3.8, 4) is 11.5 Å². The van der Waals surface area contributed by atoms with E-state index in [9.17, 15) is 30.0 Å². The molecule has 1 heterocycles. The molecule has 0 aromatic heterocycles. The number of carboxylic acids is 1. The zero-order valence-electron chi connectivity index (χ0n) is 26.5. The molecule has 7 rings (SSSR count). The Balaban J connectivity index is 1.32. The van der Waals surface area contributed by atoms with Crippen LogP contribution in [0, 0.1) is 0 Å². The Kier molecular flexibility index (Phi) is 8.91. The Labute approximate surface area is 283 Å². The van der Waals surface area contributed by atoms with Crippen molar-refractivity contribution >= 4 is 53.6 Å². The van der Waals surface area contributed by atoms with Crippen molar-refractivity contribution < 1.29 is 34.7 Å². The quantitative estimate of drug-likeness (QED) is 0.153. The molecular weight excluding hydrogens is 614 g/mol. The molecule has 5 N–H and O–H groups in total. The molecule has 49 heavy (non-hydrogen) atoms. The summed E-state index contributed by atoms with van der Waals surface area (Å²) in [6, 6.07) is 37.5. The number of benzene rings is 6. The maximum absolute atomic E-state index is 12.4. The molecule has 0 saturated heterocycles. The first kappa shape index (κ1) is 32.1. The van der Waals surface area contributed by atoms with E-state index in [-0.39, 0.29) is 5.56 Å². The fourth-order valence-corrected chi connectivity index (χ4v) is 6.70. The van der Waals surface area contributed by atoms with Gasteiger partial charge in [-0.25, -0.2) is 4.79 Å². The molecule has 0 fully saturated rings. The molecule has 0 atom stereocenters. The van der Waals surface area contributed by atoms with E-state index in [0.29, 0.717) is 47.3 Å². The lowest BCUT2D eigenvalue weighted by Crippen LogP contribution is -2.33. The average Bonchev–Trinajstić information content (AvgIpc) is 3.12. The molecule has 1 aliphatic heterocycles. The summed E-state index contributed by atoms with van der Waals surface area (Å²) in [5.41, 5.74) is 6.03. The number of ether oxygens (including phenoxy) is 1. The monoisotopic (exact) mass is 646 g/mol.